The third-order valence-corrected chi connectivity index (χ3v) is 5.64. The highest BCUT2D eigenvalue weighted by atomic mass is 32.2. The van der Waals surface area contributed by atoms with Crippen molar-refractivity contribution < 1.29 is 17.2 Å². The van der Waals surface area contributed by atoms with Crippen molar-refractivity contribution in [1.29, 1.82) is 0 Å². The molecule has 2 aliphatic rings. The van der Waals surface area contributed by atoms with Gasteiger partial charge in [0.15, 0.2) is 21.5 Å². The molecule has 1 heterocycles. The normalized spacial score (nSPS) is 21.3. The van der Waals surface area contributed by atoms with Crippen LogP contribution >= 0.6 is 0 Å². The van der Waals surface area contributed by atoms with Crippen LogP contribution in [0.15, 0.2) is 11.0 Å². The number of halogens is 2. The van der Waals surface area contributed by atoms with E-state index in [-0.39, 0.29) is 34.6 Å². The maximum Gasteiger partial charge on any atom is 0.184 e. The van der Waals surface area contributed by atoms with Gasteiger partial charge in [0, 0.05) is 18.7 Å². The van der Waals surface area contributed by atoms with Crippen molar-refractivity contribution in [2.45, 2.75) is 36.6 Å². The number of hydrogen-bond acceptors (Lipinski definition) is 4. The fourth-order valence-electron chi connectivity index (χ4n) is 2.89. The molecule has 0 saturated heterocycles. The molecule has 1 aromatic carbocycles. The first-order valence-electron chi connectivity index (χ1n) is 6.74. The average Bonchev–Trinajstić information content (AvgIpc) is 2.86. The van der Waals surface area contributed by atoms with Gasteiger partial charge in [0.2, 0.25) is 0 Å². The SMILES string of the molecule is O=S1(=O)CCNc2c(F)cc(F)c(NC3CCCC3)c21. The molecule has 4 nitrogen and oxygen atoms in total. The summed E-state index contributed by atoms with van der Waals surface area (Å²) in [5.41, 5.74) is -0.196. The Balaban J connectivity index is 2.13. The van der Waals surface area contributed by atoms with Crippen LogP contribution in [0.5, 0.6) is 0 Å². The van der Waals surface area contributed by atoms with Gasteiger partial charge >= 0.3 is 0 Å². The molecule has 7 heteroatoms. The van der Waals surface area contributed by atoms with Gasteiger partial charge in [0.25, 0.3) is 0 Å². The summed E-state index contributed by atoms with van der Waals surface area (Å²) in [6, 6.07) is 0.792. The number of anilines is 2. The van der Waals surface area contributed by atoms with E-state index in [0.29, 0.717) is 0 Å². The summed E-state index contributed by atoms with van der Waals surface area (Å²) in [7, 11) is -3.66. The van der Waals surface area contributed by atoms with Gasteiger partial charge < -0.3 is 10.6 Å². The number of benzene rings is 1. The Labute approximate surface area is 116 Å². The van der Waals surface area contributed by atoms with Crippen molar-refractivity contribution in [1.82, 2.24) is 0 Å². The molecule has 3 rings (SSSR count). The zero-order chi connectivity index (χ0) is 14.3. The fourth-order valence-corrected chi connectivity index (χ4v) is 4.42. The predicted molar refractivity (Wildman–Crippen MR) is 72.8 cm³/mol. The van der Waals surface area contributed by atoms with E-state index in [1.165, 1.54) is 0 Å². The molecular weight excluding hydrogens is 286 g/mol. The van der Waals surface area contributed by atoms with Crippen LogP contribution in [-0.2, 0) is 9.84 Å². The van der Waals surface area contributed by atoms with Crippen LogP contribution < -0.4 is 10.6 Å². The van der Waals surface area contributed by atoms with Crippen molar-refractivity contribution in [2.24, 2.45) is 0 Å². The fraction of sp³-hybridized carbons (Fsp3) is 0.538. The predicted octanol–water partition coefficient (Wildman–Crippen LogP) is 2.52. The zero-order valence-corrected chi connectivity index (χ0v) is 11.7. The summed E-state index contributed by atoms with van der Waals surface area (Å²) in [6.45, 7) is 0.140. The highest BCUT2D eigenvalue weighted by Gasteiger charge is 2.32. The van der Waals surface area contributed by atoms with Crippen molar-refractivity contribution in [3.63, 3.8) is 0 Å². The van der Waals surface area contributed by atoms with Crippen LogP contribution in [0.2, 0.25) is 0 Å². The van der Waals surface area contributed by atoms with E-state index in [9.17, 15) is 17.2 Å². The Morgan fingerprint density at radius 2 is 1.90 bits per heavy atom. The molecule has 0 spiro atoms. The van der Waals surface area contributed by atoms with Gasteiger partial charge in [-0.15, -0.1) is 0 Å². The van der Waals surface area contributed by atoms with Gasteiger partial charge in [-0.25, -0.2) is 17.2 Å². The molecule has 0 bridgehead atoms. The lowest BCUT2D eigenvalue weighted by Gasteiger charge is -2.24. The second-order valence-corrected chi connectivity index (χ2v) is 7.34. The molecule has 1 fully saturated rings. The lowest BCUT2D eigenvalue weighted by atomic mass is 10.2. The number of sulfone groups is 1. The molecular formula is C13H16F2N2O2S. The standard InChI is InChI=1S/C13H16F2N2O2S/c14-9-7-10(15)12(17-8-3-1-2-4-8)13-11(9)16-5-6-20(13,18)19/h7-8,16-17H,1-6H2. The lowest BCUT2D eigenvalue weighted by Crippen LogP contribution is -2.27. The van der Waals surface area contributed by atoms with Crippen LogP contribution in [0.4, 0.5) is 20.2 Å². The molecule has 1 saturated carbocycles. The summed E-state index contributed by atoms with van der Waals surface area (Å²) in [4.78, 5) is -0.256. The monoisotopic (exact) mass is 302 g/mol. The van der Waals surface area contributed by atoms with Gasteiger partial charge in [0.1, 0.15) is 4.90 Å². The second kappa shape index (κ2) is 4.87. The summed E-state index contributed by atoms with van der Waals surface area (Å²) in [5.74, 6) is -1.86. The van der Waals surface area contributed by atoms with Gasteiger partial charge in [-0.1, -0.05) is 12.8 Å². The van der Waals surface area contributed by atoms with E-state index in [4.69, 9.17) is 0 Å². The third kappa shape index (κ3) is 2.24. The quantitative estimate of drug-likeness (QED) is 0.881. The Morgan fingerprint density at radius 3 is 2.60 bits per heavy atom. The molecule has 0 amide bonds. The van der Waals surface area contributed by atoms with E-state index in [1.807, 2.05) is 0 Å². The van der Waals surface area contributed by atoms with E-state index >= 15 is 0 Å². The van der Waals surface area contributed by atoms with E-state index in [2.05, 4.69) is 10.6 Å². The molecule has 1 aromatic rings. The smallest absolute Gasteiger partial charge is 0.184 e. The summed E-state index contributed by atoms with van der Waals surface area (Å²) < 4.78 is 52.1. The van der Waals surface area contributed by atoms with Crippen molar-refractivity contribution >= 4 is 21.2 Å². The Bertz CT molecular complexity index is 640. The zero-order valence-electron chi connectivity index (χ0n) is 10.9. The van der Waals surface area contributed by atoms with Crippen LogP contribution in [0.3, 0.4) is 0 Å². The van der Waals surface area contributed by atoms with Gasteiger partial charge in [-0.3, -0.25) is 0 Å². The Kier molecular flexibility index (Phi) is 3.32. The maximum atomic E-state index is 14.0. The lowest BCUT2D eigenvalue weighted by molar-refractivity contribution is 0.566. The topological polar surface area (TPSA) is 58.2 Å². The number of hydrogen-bond donors (Lipinski definition) is 2. The number of nitrogens with one attached hydrogen (secondary N) is 2. The molecule has 110 valence electrons. The number of fused-ring (bicyclic) bond motifs is 1. The van der Waals surface area contributed by atoms with Crippen LogP contribution in [0, 0.1) is 11.6 Å². The second-order valence-electron chi connectivity index (χ2n) is 5.29. The molecule has 2 N–H and O–H groups in total. The van der Waals surface area contributed by atoms with Crippen molar-refractivity contribution in [3.8, 4) is 0 Å². The molecule has 0 unspecified atom stereocenters. The Hall–Kier alpha value is -1.37. The highest BCUT2D eigenvalue weighted by Crippen LogP contribution is 2.38. The summed E-state index contributed by atoms with van der Waals surface area (Å²) >= 11 is 0. The minimum absolute atomic E-state index is 0.0520. The molecule has 0 radical (unpaired) electrons. The largest absolute Gasteiger partial charge is 0.381 e. The molecule has 1 aliphatic heterocycles. The highest BCUT2D eigenvalue weighted by molar-refractivity contribution is 7.91. The third-order valence-electron chi connectivity index (χ3n) is 3.87. The average molecular weight is 302 g/mol. The first-order valence-corrected chi connectivity index (χ1v) is 8.39. The number of rotatable bonds is 2. The molecule has 0 atom stereocenters. The molecule has 1 aliphatic carbocycles. The summed E-state index contributed by atoms with van der Waals surface area (Å²) in [6.07, 6.45) is 3.82. The van der Waals surface area contributed by atoms with E-state index in [0.717, 1.165) is 31.7 Å². The minimum Gasteiger partial charge on any atom is -0.381 e. The van der Waals surface area contributed by atoms with Crippen LogP contribution in [0.25, 0.3) is 0 Å². The van der Waals surface area contributed by atoms with E-state index < -0.39 is 21.5 Å². The van der Waals surface area contributed by atoms with Crippen LogP contribution in [0.1, 0.15) is 25.7 Å². The van der Waals surface area contributed by atoms with Crippen molar-refractivity contribution in [2.75, 3.05) is 22.9 Å². The maximum absolute atomic E-state index is 14.0. The molecule has 0 aromatic heterocycles. The Morgan fingerprint density at radius 1 is 1.20 bits per heavy atom. The van der Waals surface area contributed by atoms with Gasteiger partial charge in [0.05, 0.1) is 17.1 Å². The first kappa shape index (κ1) is 13.6. The van der Waals surface area contributed by atoms with E-state index in [1.54, 1.807) is 0 Å². The molecule has 20 heavy (non-hydrogen) atoms. The van der Waals surface area contributed by atoms with Crippen molar-refractivity contribution in [3.05, 3.63) is 17.7 Å². The van der Waals surface area contributed by atoms with Gasteiger partial charge in [-0.05, 0) is 12.8 Å². The van der Waals surface area contributed by atoms with Gasteiger partial charge in [-0.2, -0.15) is 0 Å². The summed E-state index contributed by atoms with van der Waals surface area (Å²) in [5, 5.41) is 5.68. The minimum atomic E-state index is -3.66. The van der Waals surface area contributed by atoms with Crippen LogP contribution in [-0.4, -0.2) is 26.8 Å². The first-order chi connectivity index (χ1) is 9.49.